The Bertz CT molecular complexity index is 357. The van der Waals surface area contributed by atoms with Crippen molar-refractivity contribution in [2.45, 2.75) is 0 Å². The Morgan fingerprint density at radius 3 is 1.80 bits per heavy atom. The summed E-state index contributed by atoms with van der Waals surface area (Å²) in [6, 6.07) is 8.07. The second kappa shape index (κ2) is 8.79. The molecule has 0 saturated carbocycles. The molecule has 1 fully saturated rings. The molecule has 1 aliphatic heterocycles. The van der Waals surface area contributed by atoms with Gasteiger partial charge in [-0.2, -0.15) is 0 Å². The van der Waals surface area contributed by atoms with E-state index in [1.165, 1.54) is 0 Å². The van der Waals surface area contributed by atoms with Crippen molar-refractivity contribution in [2.24, 2.45) is 0 Å². The average molecular weight is 281 g/mol. The van der Waals surface area contributed by atoms with Crippen molar-refractivity contribution in [3.63, 3.8) is 0 Å². The largest absolute Gasteiger partial charge is 0.497 e. The summed E-state index contributed by atoms with van der Waals surface area (Å²) in [6.45, 7) is 5.60. The van der Waals surface area contributed by atoms with E-state index in [-0.39, 0.29) is 0 Å². The Hall–Kier alpha value is -1.30. The average Bonchev–Trinajstić information content (AvgIpc) is 2.48. The molecular weight excluding hydrogens is 258 g/mol. The summed E-state index contributed by atoms with van der Waals surface area (Å²) in [5.74, 6) is 0.868. The number of hydrogen-bond donors (Lipinski definition) is 0. The Morgan fingerprint density at radius 2 is 1.30 bits per heavy atom. The molecule has 1 aliphatic rings. The maximum Gasteiger partial charge on any atom is 0.119 e. The van der Waals surface area contributed by atoms with Crippen LogP contribution in [0.25, 0.3) is 0 Å². The fourth-order valence-corrected chi connectivity index (χ4v) is 2.05. The maximum atomic E-state index is 5.57. The van der Waals surface area contributed by atoms with Crippen LogP contribution in [-0.4, -0.2) is 59.8 Å². The fourth-order valence-electron chi connectivity index (χ4n) is 2.05. The van der Waals surface area contributed by atoms with Gasteiger partial charge in [0, 0.05) is 18.8 Å². The number of hydrogen-bond acceptors (Lipinski definition) is 5. The fraction of sp³-hybridized carbons (Fsp3) is 0.600. The maximum absolute atomic E-state index is 5.57. The highest BCUT2D eigenvalue weighted by Crippen LogP contribution is 2.19. The molecule has 0 radical (unpaired) electrons. The molecule has 1 aromatic carbocycles. The van der Waals surface area contributed by atoms with E-state index in [0.29, 0.717) is 39.6 Å². The van der Waals surface area contributed by atoms with Crippen molar-refractivity contribution in [1.82, 2.24) is 0 Å². The van der Waals surface area contributed by atoms with Crippen LogP contribution >= 0.6 is 0 Å². The Kier molecular flexibility index (Phi) is 6.63. The molecule has 1 heterocycles. The second-order valence-corrected chi connectivity index (χ2v) is 4.52. The predicted molar refractivity (Wildman–Crippen MR) is 77.7 cm³/mol. The Balaban J connectivity index is 1.93. The molecule has 1 saturated heterocycles. The summed E-state index contributed by atoms with van der Waals surface area (Å²) in [5, 5.41) is 0. The molecule has 20 heavy (non-hydrogen) atoms. The standard InChI is InChI=1S/C15H23NO4/c1-17-15-4-2-14(3-5-15)16-6-8-18-10-12-20-13-11-19-9-7-16/h2-5H,6-13H2,1H3. The van der Waals surface area contributed by atoms with E-state index in [0.717, 1.165) is 24.5 Å². The third-order valence-corrected chi connectivity index (χ3v) is 3.19. The van der Waals surface area contributed by atoms with Crippen LogP contribution in [0.1, 0.15) is 0 Å². The summed E-state index contributed by atoms with van der Waals surface area (Å²) in [4.78, 5) is 2.27. The van der Waals surface area contributed by atoms with Gasteiger partial charge in [0.25, 0.3) is 0 Å². The lowest BCUT2D eigenvalue weighted by atomic mass is 10.2. The lowest BCUT2D eigenvalue weighted by Gasteiger charge is -2.25. The highest BCUT2D eigenvalue weighted by Gasteiger charge is 2.07. The zero-order chi connectivity index (χ0) is 14.0. The zero-order valence-corrected chi connectivity index (χ0v) is 12.0. The highest BCUT2D eigenvalue weighted by atomic mass is 16.5. The van der Waals surface area contributed by atoms with Gasteiger partial charge in [0.1, 0.15) is 5.75 Å². The van der Waals surface area contributed by atoms with Crippen molar-refractivity contribution in [2.75, 3.05) is 64.7 Å². The molecule has 0 spiro atoms. The Morgan fingerprint density at radius 1 is 0.800 bits per heavy atom. The minimum Gasteiger partial charge on any atom is -0.497 e. The van der Waals surface area contributed by atoms with Gasteiger partial charge in [-0.1, -0.05) is 0 Å². The lowest BCUT2D eigenvalue weighted by Crippen LogP contribution is -2.32. The normalized spacial score (nSPS) is 18.9. The van der Waals surface area contributed by atoms with Gasteiger partial charge in [0.05, 0.1) is 46.8 Å². The van der Waals surface area contributed by atoms with Gasteiger partial charge in [-0.15, -0.1) is 0 Å². The molecule has 0 bridgehead atoms. The third kappa shape index (κ3) is 5.00. The first kappa shape index (κ1) is 15.1. The third-order valence-electron chi connectivity index (χ3n) is 3.19. The molecule has 112 valence electrons. The first-order valence-corrected chi connectivity index (χ1v) is 7.02. The minimum atomic E-state index is 0.631. The smallest absolute Gasteiger partial charge is 0.119 e. The molecule has 0 unspecified atom stereocenters. The number of anilines is 1. The number of ether oxygens (including phenoxy) is 4. The van der Waals surface area contributed by atoms with E-state index in [4.69, 9.17) is 18.9 Å². The molecular formula is C15H23NO4. The SMILES string of the molecule is COc1ccc(N2CCOCCOCCOCC2)cc1. The van der Waals surface area contributed by atoms with Crippen LogP contribution in [-0.2, 0) is 14.2 Å². The number of methoxy groups -OCH3 is 1. The summed E-state index contributed by atoms with van der Waals surface area (Å²) in [7, 11) is 1.68. The van der Waals surface area contributed by atoms with Crippen molar-refractivity contribution in [3.05, 3.63) is 24.3 Å². The first-order chi connectivity index (χ1) is 9.90. The topological polar surface area (TPSA) is 40.2 Å². The molecule has 5 heteroatoms. The zero-order valence-electron chi connectivity index (χ0n) is 12.0. The van der Waals surface area contributed by atoms with E-state index in [1.54, 1.807) is 7.11 Å². The highest BCUT2D eigenvalue weighted by molar-refractivity contribution is 5.49. The molecule has 0 aromatic heterocycles. The van der Waals surface area contributed by atoms with Gasteiger partial charge in [0.2, 0.25) is 0 Å². The van der Waals surface area contributed by atoms with Gasteiger partial charge in [0.15, 0.2) is 0 Å². The molecule has 0 amide bonds. The van der Waals surface area contributed by atoms with E-state index >= 15 is 0 Å². The van der Waals surface area contributed by atoms with Crippen LogP contribution in [0.3, 0.4) is 0 Å². The van der Waals surface area contributed by atoms with Crippen molar-refractivity contribution >= 4 is 5.69 Å². The van der Waals surface area contributed by atoms with E-state index in [1.807, 2.05) is 12.1 Å². The predicted octanol–water partition coefficient (Wildman–Crippen LogP) is 1.56. The van der Waals surface area contributed by atoms with Gasteiger partial charge in [-0.3, -0.25) is 0 Å². The van der Waals surface area contributed by atoms with Gasteiger partial charge >= 0.3 is 0 Å². The van der Waals surface area contributed by atoms with Gasteiger partial charge in [-0.05, 0) is 24.3 Å². The number of benzene rings is 1. The van der Waals surface area contributed by atoms with Crippen molar-refractivity contribution in [1.29, 1.82) is 0 Å². The van der Waals surface area contributed by atoms with Crippen LogP contribution in [0.4, 0.5) is 5.69 Å². The number of nitrogens with zero attached hydrogens (tertiary/aromatic N) is 1. The molecule has 5 nitrogen and oxygen atoms in total. The van der Waals surface area contributed by atoms with Crippen LogP contribution in [0.2, 0.25) is 0 Å². The van der Waals surface area contributed by atoms with Crippen molar-refractivity contribution < 1.29 is 18.9 Å². The van der Waals surface area contributed by atoms with Crippen LogP contribution in [0.15, 0.2) is 24.3 Å². The second-order valence-electron chi connectivity index (χ2n) is 4.52. The summed E-state index contributed by atoms with van der Waals surface area (Å²) < 4.78 is 21.7. The van der Waals surface area contributed by atoms with E-state index < -0.39 is 0 Å². The monoisotopic (exact) mass is 281 g/mol. The molecule has 0 aliphatic carbocycles. The number of rotatable bonds is 2. The van der Waals surface area contributed by atoms with Crippen LogP contribution in [0, 0.1) is 0 Å². The minimum absolute atomic E-state index is 0.631. The summed E-state index contributed by atoms with van der Waals surface area (Å²) in [5.41, 5.74) is 1.16. The summed E-state index contributed by atoms with van der Waals surface area (Å²) >= 11 is 0. The van der Waals surface area contributed by atoms with Gasteiger partial charge < -0.3 is 23.8 Å². The first-order valence-electron chi connectivity index (χ1n) is 7.02. The van der Waals surface area contributed by atoms with Crippen LogP contribution in [0.5, 0.6) is 5.75 Å². The molecule has 1 aromatic rings. The quantitative estimate of drug-likeness (QED) is 0.823. The van der Waals surface area contributed by atoms with E-state index in [9.17, 15) is 0 Å². The van der Waals surface area contributed by atoms with Crippen LogP contribution < -0.4 is 9.64 Å². The molecule has 0 N–H and O–H groups in total. The molecule has 0 atom stereocenters. The van der Waals surface area contributed by atoms with Crippen molar-refractivity contribution in [3.8, 4) is 5.75 Å². The molecule has 2 rings (SSSR count). The Labute approximate surface area is 120 Å². The van der Waals surface area contributed by atoms with Gasteiger partial charge in [-0.25, -0.2) is 0 Å². The lowest BCUT2D eigenvalue weighted by molar-refractivity contribution is 0.0126. The van der Waals surface area contributed by atoms with E-state index in [2.05, 4.69) is 17.0 Å². The summed E-state index contributed by atoms with van der Waals surface area (Å²) in [6.07, 6.45) is 0.